The summed E-state index contributed by atoms with van der Waals surface area (Å²) in [7, 11) is 0. The Kier molecular flexibility index (Phi) is 6.70. The van der Waals surface area contributed by atoms with Gasteiger partial charge < -0.3 is 10.6 Å². The SMILES string of the molecule is CC1CCN(C(N)=NCCN2CCN(Cc3ccccc3)CC2)CC1. The molecule has 0 saturated carbocycles. The van der Waals surface area contributed by atoms with Gasteiger partial charge in [-0.05, 0) is 24.3 Å². The van der Waals surface area contributed by atoms with Gasteiger partial charge in [-0.1, -0.05) is 37.3 Å². The first kappa shape index (κ1) is 18.2. The normalized spacial score (nSPS) is 21.6. The number of hydrogen-bond acceptors (Lipinski definition) is 3. The molecule has 0 spiro atoms. The molecule has 0 amide bonds. The second kappa shape index (κ2) is 9.20. The molecule has 1 aromatic rings. The summed E-state index contributed by atoms with van der Waals surface area (Å²) in [6.07, 6.45) is 2.47. The number of likely N-dealkylation sites (tertiary alicyclic amines) is 1. The zero-order valence-corrected chi connectivity index (χ0v) is 15.6. The third-order valence-electron chi connectivity index (χ3n) is 5.51. The van der Waals surface area contributed by atoms with E-state index >= 15 is 0 Å². The first-order valence-corrected chi connectivity index (χ1v) is 9.74. The van der Waals surface area contributed by atoms with E-state index in [4.69, 9.17) is 5.73 Å². The molecular weight excluding hydrogens is 310 g/mol. The van der Waals surface area contributed by atoms with Gasteiger partial charge in [-0.25, -0.2) is 0 Å². The van der Waals surface area contributed by atoms with Crippen molar-refractivity contribution in [2.24, 2.45) is 16.6 Å². The fourth-order valence-corrected chi connectivity index (χ4v) is 3.66. The van der Waals surface area contributed by atoms with E-state index in [0.29, 0.717) is 0 Å². The van der Waals surface area contributed by atoms with E-state index in [1.807, 2.05) is 0 Å². The summed E-state index contributed by atoms with van der Waals surface area (Å²) in [6.45, 7) is 11.9. The molecule has 1 aromatic carbocycles. The zero-order chi connectivity index (χ0) is 17.5. The molecule has 2 saturated heterocycles. The summed E-state index contributed by atoms with van der Waals surface area (Å²) in [5.74, 6) is 1.57. The number of rotatable bonds is 5. The van der Waals surface area contributed by atoms with Gasteiger partial charge in [0.25, 0.3) is 0 Å². The summed E-state index contributed by atoms with van der Waals surface area (Å²) in [5, 5.41) is 0. The molecule has 25 heavy (non-hydrogen) atoms. The van der Waals surface area contributed by atoms with Crippen LogP contribution in [0.2, 0.25) is 0 Å². The first-order valence-electron chi connectivity index (χ1n) is 9.74. The molecule has 0 unspecified atom stereocenters. The molecule has 2 heterocycles. The van der Waals surface area contributed by atoms with E-state index in [1.165, 1.54) is 18.4 Å². The predicted molar refractivity (Wildman–Crippen MR) is 105 cm³/mol. The van der Waals surface area contributed by atoms with Crippen molar-refractivity contribution in [3.8, 4) is 0 Å². The van der Waals surface area contributed by atoms with Crippen LogP contribution in [0.1, 0.15) is 25.3 Å². The molecule has 0 aromatic heterocycles. The van der Waals surface area contributed by atoms with Crippen LogP contribution in [0.5, 0.6) is 0 Å². The van der Waals surface area contributed by atoms with Gasteiger partial charge >= 0.3 is 0 Å². The molecule has 2 aliphatic heterocycles. The van der Waals surface area contributed by atoms with Gasteiger partial charge in [-0.3, -0.25) is 14.8 Å². The van der Waals surface area contributed by atoms with Crippen LogP contribution in [0.15, 0.2) is 35.3 Å². The van der Waals surface area contributed by atoms with Crippen molar-refractivity contribution in [3.63, 3.8) is 0 Å². The Morgan fingerprint density at radius 1 is 1.00 bits per heavy atom. The van der Waals surface area contributed by atoms with Crippen molar-refractivity contribution < 1.29 is 0 Å². The zero-order valence-electron chi connectivity index (χ0n) is 15.6. The minimum absolute atomic E-state index is 0.745. The standard InChI is InChI=1S/C20H33N5/c1-18-7-10-25(11-8-18)20(21)22-9-12-23-13-15-24(16-14-23)17-19-5-3-2-4-6-19/h2-6,18H,7-17H2,1H3,(H2,21,22). The van der Waals surface area contributed by atoms with Crippen molar-refractivity contribution in [1.82, 2.24) is 14.7 Å². The lowest BCUT2D eigenvalue weighted by molar-refractivity contribution is 0.130. The van der Waals surface area contributed by atoms with Crippen LogP contribution in [-0.2, 0) is 6.54 Å². The molecule has 2 N–H and O–H groups in total. The number of nitrogens with zero attached hydrogens (tertiary/aromatic N) is 4. The monoisotopic (exact) mass is 343 g/mol. The third-order valence-corrected chi connectivity index (χ3v) is 5.51. The Hall–Kier alpha value is -1.59. The van der Waals surface area contributed by atoms with Crippen LogP contribution in [-0.4, -0.2) is 73.0 Å². The number of aliphatic imine (C=N–C) groups is 1. The van der Waals surface area contributed by atoms with E-state index in [0.717, 1.165) is 70.8 Å². The van der Waals surface area contributed by atoms with Crippen LogP contribution in [0.25, 0.3) is 0 Å². The van der Waals surface area contributed by atoms with Crippen LogP contribution in [0, 0.1) is 5.92 Å². The van der Waals surface area contributed by atoms with Crippen LogP contribution in [0.4, 0.5) is 0 Å². The van der Waals surface area contributed by atoms with E-state index in [-0.39, 0.29) is 0 Å². The minimum atomic E-state index is 0.745. The van der Waals surface area contributed by atoms with Crippen molar-refractivity contribution in [3.05, 3.63) is 35.9 Å². The van der Waals surface area contributed by atoms with E-state index in [1.54, 1.807) is 0 Å². The van der Waals surface area contributed by atoms with Gasteiger partial charge in [0, 0.05) is 52.4 Å². The number of benzene rings is 1. The quantitative estimate of drug-likeness (QED) is 0.655. The first-order chi connectivity index (χ1) is 12.2. The van der Waals surface area contributed by atoms with Gasteiger partial charge in [-0.2, -0.15) is 0 Å². The Labute approximate surface area is 152 Å². The smallest absolute Gasteiger partial charge is 0.191 e. The molecular formula is C20H33N5. The molecule has 0 aliphatic carbocycles. The Morgan fingerprint density at radius 3 is 2.32 bits per heavy atom. The highest BCUT2D eigenvalue weighted by atomic mass is 15.3. The molecule has 2 fully saturated rings. The van der Waals surface area contributed by atoms with Crippen LogP contribution >= 0.6 is 0 Å². The van der Waals surface area contributed by atoms with Gasteiger partial charge in [0.05, 0.1) is 6.54 Å². The van der Waals surface area contributed by atoms with Gasteiger partial charge in [-0.15, -0.1) is 0 Å². The maximum Gasteiger partial charge on any atom is 0.191 e. The lowest BCUT2D eigenvalue weighted by atomic mass is 10.00. The third kappa shape index (κ3) is 5.72. The van der Waals surface area contributed by atoms with Gasteiger partial charge in [0.2, 0.25) is 0 Å². The molecule has 5 heteroatoms. The summed E-state index contributed by atoms with van der Waals surface area (Å²) in [5.41, 5.74) is 7.57. The number of piperazine rings is 1. The molecule has 0 atom stereocenters. The van der Waals surface area contributed by atoms with Crippen molar-refractivity contribution in [1.29, 1.82) is 0 Å². The summed E-state index contributed by atoms with van der Waals surface area (Å²) in [6, 6.07) is 10.8. The summed E-state index contributed by atoms with van der Waals surface area (Å²) in [4.78, 5) is 11.9. The Balaban J connectivity index is 1.34. The second-order valence-corrected chi connectivity index (χ2v) is 7.51. The number of nitrogens with two attached hydrogens (primary N) is 1. The highest BCUT2D eigenvalue weighted by molar-refractivity contribution is 5.78. The summed E-state index contributed by atoms with van der Waals surface area (Å²) < 4.78 is 0. The van der Waals surface area contributed by atoms with E-state index in [2.05, 4.69) is 56.9 Å². The molecule has 138 valence electrons. The van der Waals surface area contributed by atoms with Gasteiger partial charge in [0.15, 0.2) is 5.96 Å². The molecule has 5 nitrogen and oxygen atoms in total. The predicted octanol–water partition coefficient (Wildman–Crippen LogP) is 1.85. The fraction of sp³-hybridized carbons (Fsp3) is 0.650. The molecule has 0 bridgehead atoms. The van der Waals surface area contributed by atoms with Crippen LogP contribution in [0.3, 0.4) is 0 Å². The second-order valence-electron chi connectivity index (χ2n) is 7.51. The number of piperidine rings is 1. The number of hydrogen-bond donors (Lipinski definition) is 1. The topological polar surface area (TPSA) is 48.1 Å². The van der Waals surface area contributed by atoms with Gasteiger partial charge in [0.1, 0.15) is 0 Å². The lowest BCUT2D eigenvalue weighted by Crippen LogP contribution is -2.47. The maximum atomic E-state index is 6.17. The Morgan fingerprint density at radius 2 is 1.64 bits per heavy atom. The van der Waals surface area contributed by atoms with Crippen molar-refractivity contribution in [2.45, 2.75) is 26.3 Å². The highest BCUT2D eigenvalue weighted by Gasteiger charge is 2.18. The molecule has 2 aliphatic rings. The van der Waals surface area contributed by atoms with Crippen LogP contribution < -0.4 is 5.73 Å². The Bertz CT molecular complexity index is 528. The average Bonchev–Trinajstić information content (AvgIpc) is 2.64. The van der Waals surface area contributed by atoms with E-state index < -0.39 is 0 Å². The average molecular weight is 344 g/mol. The molecule has 3 rings (SSSR count). The lowest BCUT2D eigenvalue weighted by Gasteiger charge is -2.34. The number of guanidine groups is 1. The fourth-order valence-electron chi connectivity index (χ4n) is 3.66. The largest absolute Gasteiger partial charge is 0.370 e. The van der Waals surface area contributed by atoms with E-state index in [9.17, 15) is 0 Å². The summed E-state index contributed by atoms with van der Waals surface area (Å²) >= 11 is 0. The maximum absolute atomic E-state index is 6.17. The van der Waals surface area contributed by atoms with Crippen molar-refractivity contribution >= 4 is 5.96 Å². The highest BCUT2D eigenvalue weighted by Crippen LogP contribution is 2.15. The molecule has 0 radical (unpaired) electrons. The minimum Gasteiger partial charge on any atom is -0.370 e. The van der Waals surface area contributed by atoms with Crippen molar-refractivity contribution in [2.75, 3.05) is 52.4 Å².